The van der Waals surface area contributed by atoms with Crippen molar-refractivity contribution in [3.05, 3.63) is 42.0 Å². The second kappa shape index (κ2) is 5.52. The van der Waals surface area contributed by atoms with Crippen molar-refractivity contribution in [2.24, 2.45) is 23.7 Å². The molecule has 0 saturated heterocycles. The number of benzene rings is 1. The predicted molar refractivity (Wildman–Crippen MR) is 89.1 cm³/mol. The lowest BCUT2D eigenvalue weighted by Gasteiger charge is -2.24. The molecule has 23 heavy (non-hydrogen) atoms. The monoisotopic (exact) mass is 313 g/mol. The fraction of sp³-hybridized carbons (Fsp3) is 0.474. The summed E-state index contributed by atoms with van der Waals surface area (Å²) in [6.45, 7) is 6.42. The largest absolute Gasteiger partial charge is 0.481 e. The number of carboxylic acid groups (broad SMARTS) is 1. The van der Waals surface area contributed by atoms with Crippen LogP contribution >= 0.6 is 0 Å². The average molecular weight is 313 g/mol. The molecule has 3 rings (SSSR count). The van der Waals surface area contributed by atoms with E-state index in [1.165, 1.54) is 5.56 Å². The van der Waals surface area contributed by atoms with E-state index in [1.807, 2.05) is 36.4 Å². The van der Waals surface area contributed by atoms with Crippen molar-refractivity contribution in [2.45, 2.75) is 32.6 Å². The van der Waals surface area contributed by atoms with E-state index in [2.05, 4.69) is 26.1 Å². The maximum Gasteiger partial charge on any atom is 0.307 e. The van der Waals surface area contributed by atoms with Gasteiger partial charge in [0.1, 0.15) is 0 Å². The fourth-order valence-corrected chi connectivity index (χ4v) is 3.80. The molecule has 0 heterocycles. The van der Waals surface area contributed by atoms with Crippen LogP contribution in [0, 0.1) is 23.7 Å². The first-order valence-corrected chi connectivity index (χ1v) is 8.10. The first-order valence-electron chi connectivity index (χ1n) is 8.10. The highest BCUT2D eigenvalue weighted by molar-refractivity contribution is 5.96. The summed E-state index contributed by atoms with van der Waals surface area (Å²) in [5, 5.41) is 12.3. The Morgan fingerprint density at radius 2 is 1.61 bits per heavy atom. The number of allylic oxidation sites excluding steroid dienone is 2. The highest BCUT2D eigenvalue weighted by atomic mass is 16.4. The summed E-state index contributed by atoms with van der Waals surface area (Å²) in [5.74, 6) is -2.07. The topological polar surface area (TPSA) is 66.4 Å². The lowest BCUT2D eigenvalue weighted by molar-refractivity contribution is -0.146. The van der Waals surface area contributed by atoms with E-state index in [0.717, 1.165) is 12.1 Å². The number of carbonyl (C=O) groups excluding carboxylic acids is 1. The Kier molecular flexibility index (Phi) is 3.78. The van der Waals surface area contributed by atoms with Crippen molar-refractivity contribution in [1.82, 2.24) is 0 Å². The molecule has 122 valence electrons. The molecule has 1 amide bonds. The number of aliphatic carboxylic acids is 1. The summed E-state index contributed by atoms with van der Waals surface area (Å²) in [5.41, 5.74) is 1.98. The lowest BCUT2D eigenvalue weighted by Crippen LogP contribution is -2.36. The molecule has 1 aromatic carbocycles. The molecule has 1 fully saturated rings. The maximum atomic E-state index is 12.6. The van der Waals surface area contributed by atoms with Crippen LogP contribution in [0.3, 0.4) is 0 Å². The van der Waals surface area contributed by atoms with E-state index >= 15 is 0 Å². The lowest BCUT2D eigenvalue weighted by atomic mass is 9.82. The number of fused-ring (bicyclic) bond motifs is 2. The van der Waals surface area contributed by atoms with Gasteiger partial charge in [-0.2, -0.15) is 0 Å². The summed E-state index contributed by atoms with van der Waals surface area (Å²) < 4.78 is 0. The fourth-order valence-electron chi connectivity index (χ4n) is 3.80. The molecule has 0 spiro atoms. The van der Waals surface area contributed by atoms with Gasteiger partial charge in [0.2, 0.25) is 5.91 Å². The van der Waals surface area contributed by atoms with Gasteiger partial charge in [0.25, 0.3) is 0 Å². The van der Waals surface area contributed by atoms with Crippen LogP contribution in [0.2, 0.25) is 0 Å². The zero-order valence-electron chi connectivity index (χ0n) is 13.7. The quantitative estimate of drug-likeness (QED) is 0.840. The van der Waals surface area contributed by atoms with Gasteiger partial charge in [-0.05, 0) is 41.4 Å². The maximum absolute atomic E-state index is 12.6. The van der Waals surface area contributed by atoms with Crippen LogP contribution in [0.1, 0.15) is 32.8 Å². The van der Waals surface area contributed by atoms with Crippen molar-refractivity contribution < 1.29 is 14.7 Å². The van der Waals surface area contributed by atoms with E-state index in [0.29, 0.717) is 0 Å². The minimum Gasteiger partial charge on any atom is -0.481 e. The van der Waals surface area contributed by atoms with Crippen LogP contribution in [0.5, 0.6) is 0 Å². The molecule has 4 heteroatoms. The standard InChI is InChI=1S/C19H23NO3/c1-19(2,3)13-6-8-14(9-7-13)20-17(21)15-11-4-5-12(10-11)16(15)18(22)23/h4-9,11-12,15-16H,10H2,1-3H3,(H,20,21)(H,22,23). The van der Waals surface area contributed by atoms with E-state index in [9.17, 15) is 14.7 Å². The molecule has 0 radical (unpaired) electrons. The van der Waals surface area contributed by atoms with E-state index in [4.69, 9.17) is 0 Å². The molecular weight excluding hydrogens is 290 g/mol. The molecule has 4 atom stereocenters. The summed E-state index contributed by atoms with van der Waals surface area (Å²) >= 11 is 0. The molecule has 1 saturated carbocycles. The van der Waals surface area contributed by atoms with Crippen molar-refractivity contribution in [1.29, 1.82) is 0 Å². The van der Waals surface area contributed by atoms with Gasteiger partial charge in [0, 0.05) is 5.69 Å². The summed E-state index contributed by atoms with van der Waals surface area (Å²) in [6, 6.07) is 7.78. The Morgan fingerprint density at radius 3 is 2.13 bits per heavy atom. The Morgan fingerprint density at radius 1 is 1.04 bits per heavy atom. The zero-order valence-corrected chi connectivity index (χ0v) is 13.7. The Labute approximate surface area is 136 Å². The normalized spacial score (nSPS) is 28.8. The van der Waals surface area contributed by atoms with Crippen LogP contribution < -0.4 is 5.32 Å². The van der Waals surface area contributed by atoms with Crippen LogP contribution in [-0.2, 0) is 15.0 Å². The summed E-state index contributed by atoms with van der Waals surface area (Å²) in [6.07, 6.45) is 4.72. The van der Waals surface area contributed by atoms with Crippen molar-refractivity contribution >= 4 is 17.6 Å². The molecule has 0 aromatic heterocycles. The second-order valence-electron chi connectivity index (χ2n) is 7.65. The highest BCUT2D eigenvalue weighted by Gasteiger charge is 2.51. The van der Waals surface area contributed by atoms with Crippen LogP contribution in [0.4, 0.5) is 5.69 Å². The van der Waals surface area contributed by atoms with Crippen molar-refractivity contribution in [2.75, 3.05) is 5.32 Å². The Hall–Kier alpha value is -2.10. The van der Waals surface area contributed by atoms with Gasteiger partial charge in [-0.25, -0.2) is 0 Å². The van der Waals surface area contributed by atoms with Gasteiger partial charge < -0.3 is 10.4 Å². The van der Waals surface area contributed by atoms with Gasteiger partial charge >= 0.3 is 5.97 Å². The molecule has 1 aromatic rings. The minimum atomic E-state index is -0.870. The van der Waals surface area contributed by atoms with Crippen molar-refractivity contribution in [3.63, 3.8) is 0 Å². The molecule has 2 bridgehead atoms. The third kappa shape index (κ3) is 2.90. The van der Waals surface area contributed by atoms with Gasteiger partial charge in [-0.3, -0.25) is 9.59 Å². The third-order valence-corrected chi connectivity index (χ3v) is 5.07. The third-order valence-electron chi connectivity index (χ3n) is 5.07. The molecule has 4 unspecified atom stereocenters. The molecule has 2 N–H and O–H groups in total. The molecule has 2 aliphatic carbocycles. The molecular formula is C19H23NO3. The van der Waals surface area contributed by atoms with Gasteiger partial charge in [0.15, 0.2) is 0 Å². The SMILES string of the molecule is CC(C)(C)c1ccc(NC(=O)C2C3C=CC(C3)C2C(=O)O)cc1. The van der Waals surface area contributed by atoms with Crippen LogP contribution in [0.15, 0.2) is 36.4 Å². The van der Waals surface area contributed by atoms with Crippen LogP contribution in [0.25, 0.3) is 0 Å². The highest BCUT2D eigenvalue weighted by Crippen LogP contribution is 2.48. The number of carboxylic acids is 1. The van der Waals surface area contributed by atoms with E-state index < -0.39 is 17.8 Å². The minimum absolute atomic E-state index is 0.00323. The van der Waals surface area contributed by atoms with Crippen molar-refractivity contribution in [3.8, 4) is 0 Å². The number of amides is 1. The molecule has 2 aliphatic rings. The summed E-state index contributed by atoms with van der Waals surface area (Å²) in [7, 11) is 0. The zero-order chi connectivity index (χ0) is 16.8. The summed E-state index contributed by atoms with van der Waals surface area (Å²) in [4.78, 5) is 24.1. The number of anilines is 1. The number of carbonyl (C=O) groups is 2. The molecule has 0 aliphatic heterocycles. The van der Waals surface area contributed by atoms with E-state index in [1.54, 1.807) is 0 Å². The molecule has 4 nitrogen and oxygen atoms in total. The van der Waals surface area contributed by atoms with Gasteiger partial charge in [-0.15, -0.1) is 0 Å². The predicted octanol–water partition coefficient (Wildman–Crippen LogP) is 3.45. The number of nitrogens with one attached hydrogen (secondary N) is 1. The number of rotatable bonds is 3. The van der Waals surface area contributed by atoms with Crippen LogP contribution in [-0.4, -0.2) is 17.0 Å². The Balaban J connectivity index is 1.74. The smallest absolute Gasteiger partial charge is 0.307 e. The average Bonchev–Trinajstić information content (AvgIpc) is 3.07. The van der Waals surface area contributed by atoms with Gasteiger partial charge in [-0.1, -0.05) is 45.1 Å². The van der Waals surface area contributed by atoms with E-state index in [-0.39, 0.29) is 23.2 Å². The number of hydrogen-bond donors (Lipinski definition) is 2. The Bertz CT molecular complexity index is 654. The first kappa shape index (κ1) is 15.8. The van der Waals surface area contributed by atoms with Gasteiger partial charge in [0.05, 0.1) is 11.8 Å². The first-order chi connectivity index (χ1) is 10.8. The second-order valence-corrected chi connectivity index (χ2v) is 7.65. The number of hydrogen-bond acceptors (Lipinski definition) is 2.